The van der Waals surface area contributed by atoms with E-state index in [1.54, 1.807) is 6.08 Å². The van der Waals surface area contributed by atoms with Crippen LogP contribution in [0.4, 0.5) is 0 Å². The highest BCUT2D eigenvalue weighted by atomic mass is 16.7. The number of ether oxygens (including phenoxy) is 2. The fourth-order valence-electron chi connectivity index (χ4n) is 4.28. The van der Waals surface area contributed by atoms with E-state index in [9.17, 15) is 9.59 Å². The van der Waals surface area contributed by atoms with Crippen LogP contribution in [0.25, 0.3) is 0 Å². The fraction of sp³-hybridized carbons (Fsp3) is 0.647. The van der Waals surface area contributed by atoms with E-state index >= 15 is 0 Å². The lowest BCUT2D eigenvalue weighted by molar-refractivity contribution is -0.240. The van der Waals surface area contributed by atoms with Gasteiger partial charge in [0.25, 0.3) is 0 Å². The van der Waals surface area contributed by atoms with Crippen molar-refractivity contribution in [1.82, 2.24) is 0 Å². The Labute approximate surface area is 125 Å². The Morgan fingerprint density at radius 2 is 1.90 bits per heavy atom. The molecule has 4 heteroatoms. The maximum Gasteiger partial charge on any atom is 0.235 e. The van der Waals surface area contributed by atoms with Gasteiger partial charge in [-0.15, -0.1) is 0 Å². The summed E-state index contributed by atoms with van der Waals surface area (Å²) >= 11 is 0. The van der Waals surface area contributed by atoms with Crippen LogP contribution in [0.15, 0.2) is 23.3 Å². The number of allylic oxidation sites excluding steroid dienone is 3. The third-order valence-electron chi connectivity index (χ3n) is 5.34. The molecular formula is C17H22O4. The zero-order valence-corrected chi connectivity index (χ0v) is 12.8. The average Bonchev–Trinajstić information content (AvgIpc) is 2.49. The molecule has 114 valence electrons. The van der Waals surface area contributed by atoms with Gasteiger partial charge in [0.05, 0.1) is 0 Å². The van der Waals surface area contributed by atoms with Gasteiger partial charge >= 0.3 is 0 Å². The second-order valence-electron chi connectivity index (χ2n) is 6.31. The Morgan fingerprint density at radius 1 is 1.19 bits per heavy atom. The van der Waals surface area contributed by atoms with Gasteiger partial charge in [-0.05, 0) is 38.2 Å². The second kappa shape index (κ2) is 5.18. The monoisotopic (exact) mass is 290 g/mol. The van der Waals surface area contributed by atoms with Gasteiger partial charge < -0.3 is 9.47 Å². The molecule has 3 atom stereocenters. The van der Waals surface area contributed by atoms with E-state index in [1.807, 2.05) is 6.92 Å². The molecule has 0 amide bonds. The second-order valence-corrected chi connectivity index (χ2v) is 6.31. The van der Waals surface area contributed by atoms with Crippen molar-refractivity contribution < 1.29 is 19.1 Å². The summed E-state index contributed by atoms with van der Waals surface area (Å²) in [4.78, 5) is 24.5. The molecule has 4 rings (SSSR count). The molecule has 0 unspecified atom stereocenters. The lowest BCUT2D eigenvalue weighted by atomic mass is 9.59. The van der Waals surface area contributed by atoms with Crippen LogP contribution in [0, 0.1) is 17.8 Å². The molecule has 0 saturated heterocycles. The summed E-state index contributed by atoms with van der Waals surface area (Å²) in [5, 5.41) is 0. The number of rotatable bonds is 3. The van der Waals surface area contributed by atoms with Gasteiger partial charge in [0.2, 0.25) is 5.79 Å². The van der Waals surface area contributed by atoms with Gasteiger partial charge in [0, 0.05) is 32.5 Å². The third kappa shape index (κ3) is 2.04. The van der Waals surface area contributed by atoms with Crippen LogP contribution in [-0.2, 0) is 19.1 Å². The minimum Gasteiger partial charge on any atom is -0.347 e. The van der Waals surface area contributed by atoms with Crippen molar-refractivity contribution in [3.63, 3.8) is 0 Å². The minimum absolute atomic E-state index is 0.00160. The number of hydrogen-bond donors (Lipinski definition) is 0. The zero-order valence-electron chi connectivity index (χ0n) is 12.8. The Kier molecular flexibility index (Phi) is 3.62. The molecule has 0 radical (unpaired) electrons. The van der Waals surface area contributed by atoms with E-state index < -0.39 is 5.79 Å². The molecule has 0 spiro atoms. The first kappa shape index (κ1) is 14.7. The van der Waals surface area contributed by atoms with Crippen LogP contribution in [-0.4, -0.2) is 31.6 Å². The normalized spacial score (nSPS) is 34.7. The standard InChI is InChI=1S/C17H22O4/c1-10-7-14-13(11-5-4-6-12(18)8-11)9-15(10)17(20-2,21-3)16(14)19/h7-8,13-15H,4-6,9H2,1-3H3/t13-,14+,15+/m0/s1. The van der Waals surface area contributed by atoms with Gasteiger partial charge in [-0.2, -0.15) is 0 Å². The molecule has 1 saturated carbocycles. The summed E-state index contributed by atoms with van der Waals surface area (Å²) in [6, 6.07) is 0. The Hall–Kier alpha value is -1.26. The van der Waals surface area contributed by atoms with Gasteiger partial charge in [-0.25, -0.2) is 0 Å². The van der Waals surface area contributed by atoms with Crippen molar-refractivity contribution in [3.8, 4) is 0 Å². The van der Waals surface area contributed by atoms with Crippen LogP contribution < -0.4 is 0 Å². The van der Waals surface area contributed by atoms with Gasteiger partial charge in [0.1, 0.15) is 0 Å². The molecule has 21 heavy (non-hydrogen) atoms. The van der Waals surface area contributed by atoms with Crippen molar-refractivity contribution in [1.29, 1.82) is 0 Å². The molecule has 0 heterocycles. The van der Waals surface area contributed by atoms with Crippen molar-refractivity contribution in [2.24, 2.45) is 17.8 Å². The van der Waals surface area contributed by atoms with Crippen molar-refractivity contribution in [2.75, 3.05) is 14.2 Å². The Balaban J connectivity index is 1.98. The average molecular weight is 290 g/mol. The van der Waals surface area contributed by atoms with Gasteiger partial charge in [-0.3, -0.25) is 9.59 Å². The number of methoxy groups -OCH3 is 2. The molecular weight excluding hydrogens is 268 g/mol. The molecule has 4 aliphatic carbocycles. The van der Waals surface area contributed by atoms with Gasteiger partial charge in [0.15, 0.2) is 11.6 Å². The lowest BCUT2D eigenvalue weighted by Crippen LogP contribution is -2.60. The topological polar surface area (TPSA) is 52.6 Å². The van der Waals surface area contributed by atoms with Crippen molar-refractivity contribution >= 4 is 11.6 Å². The maximum absolute atomic E-state index is 12.8. The van der Waals surface area contributed by atoms with E-state index in [2.05, 4.69) is 6.08 Å². The summed E-state index contributed by atoms with van der Waals surface area (Å²) in [5.41, 5.74) is 2.29. The first-order valence-corrected chi connectivity index (χ1v) is 7.59. The van der Waals surface area contributed by atoms with Gasteiger partial charge in [-0.1, -0.05) is 17.2 Å². The summed E-state index contributed by atoms with van der Waals surface area (Å²) in [6.07, 6.45) is 7.10. The predicted molar refractivity (Wildman–Crippen MR) is 77.5 cm³/mol. The van der Waals surface area contributed by atoms with E-state index in [-0.39, 0.29) is 29.3 Å². The predicted octanol–water partition coefficient (Wildman–Crippen LogP) is 2.44. The first-order chi connectivity index (χ1) is 10.0. The number of ketones is 2. The number of carbonyl (C=O) groups excluding carboxylic acids is 2. The van der Waals surface area contributed by atoms with Crippen LogP contribution >= 0.6 is 0 Å². The van der Waals surface area contributed by atoms with Crippen LogP contribution in [0.5, 0.6) is 0 Å². The van der Waals surface area contributed by atoms with Crippen molar-refractivity contribution in [2.45, 2.75) is 38.4 Å². The lowest BCUT2D eigenvalue weighted by Gasteiger charge is -2.50. The SMILES string of the molecule is COC1(OC)C(=O)[C@@H]2C=C(C)[C@H]1C[C@H]2C1=CC(=O)CCC1. The van der Waals surface area contributed by atoms with E-state index in [0.717, 1.165) is 30.4 Å². The molecule has 0 aliphatic heterocycles. The Morgan fingerprint density at radius 3 is 2.52 bits per heavy atom. The smallest absolute Gasteiger partial charge is 0.235 e. The summed E-state index contributed by atoms with van der Waals surface area (Å²) in [7, 11) is 3.07. The largest absolute Gasteiger partial charge is 0.347 e. The molecule has 0 aromatic carbocycles. The Bertz CT molecular complexity index is 539. The fourth-order valence-corrected chi connectivity index (χ4v) is 4.28. The number of Topliss-reactive ketones (excluding diaryl/α,β-unsaturated/α-hetero) is 1. The highest BCUT2D eigenvalue weighted by Gasteiger charge is 2.59. The molecule has 0 aromatic heterocycles. The number of carbonyl (C=O) groups is 2. The molecule has 4 nitrogen and oxygen atoms in total. The number of hydrogen-bond acceptors (Lipinski definition) is 4. The van der Waals surface area contributed by atoms with Crippen LogP contribution in [0.2, 0.25) is 0 Å². The van der Waals surface area contributed by atoms with Crippen LogP contribution in [0.1, 0.15) is 32.6 Å². The van der Waals surface area contributed by atoms with Crippen molar-refractivity contribution in [3.05, 3.63) is 23.3 Å². The summed E-state index contributed by atoms with van der Waals surface area (Å²) in [6.45, 7) is 2.04. The molecule has 1 fully saturated rings. The van der Waals surface area contributed by atoms with E-state index in [4.69, 9.17) is 9.47 Å². The van der Waals surface area contributed by atoms with E-state index in [0.29, 0.717) is 6.42 Å². The quantitative estimate of drug-likeness (QED) is 0.592. The molecule has 4 aliphatic rings. The van der Waals surface area contributed by atoms with E-state index in [1.165, 1.54) is 14.2 Å². The first-order valence-electron chi connectivity index (χ1n) is 7.59. The number of fused-ring (bicyclic) bond motifs is 2. The highest BCUT2D eigenvalue weighted by molar-refractivity contribution is 5.94. The van der Waals surface area contributed by atoms with Crippen LogP contribution in [0.3, 0.4) is 0 Å². The molecule has 0 N–H and O–H groups in total. The molecule has 2 bridgehead atoms. The summed E-state index contributed by atoms with van der Waals surface area (Å²) < 4.78 is 11.0. The zero-order chi connectivity index (χ0) is 15.2. The molecule has 0 aromatic rings. The maximum atomic E-state index is 12.8. The summed E-state index contributed by atoms with van der Waals surface area (Å²) in [5.74, 6) is -1.11. The third-order valence-corrected chi connectivity index (χ3v) is 5.34. The highest BCUT2D eigenvalue weighted by Crippen LogP contribution is 2.52. The minimum atomic E-state index is -1.14.